The molecule has 0 saturated carbocycles. The average Bonchev–Trinajstić information content (AvgIpc) is 2.41. The molecule has 0 aromatic rings. The highest BCUT2D eigenvalue weighted by atomic mass is 16.6. The lowest BCUT2D eigenvalue weighted by atomic mass is 10.2. The summed E-state index contributed by atoms with van der Waals surface area (Å²) in [4.78, 5) is 45.3. The van der Waals surface area contributed by atoms with Crippen molar-refractivity contribution < 1.29 is 38.1 Å². The van der Waals surface area contributed by atoms with Crippen molar-refractivity contribution >= 4 is 23.9 Å². The summed E-state index contributed by atoms with van der Waals surface area (Å²) in [6.07, 6.45) is -1.12. The van der Waals surface area contributed by atoms with Crippen molar-refractivity contribution in [3.63, 3.8) is 0 Å². The van der Waals surface area contributed by atoms with E-state index in [1.165, 1.54) is 0 Å². The van der Waals surface area contributed by atoms with Crippen LogP contribution in [0.5, 0.6) is 0 Å². The molecule has 0 fully saturated rings. The Morgan fingerprint density at radius 1 is 0.783 bits per heavy atom. The van der Waals surface area contributed by atoms with E-state index < -0.39 is 43.5 Å². The molecule has 0 N–H and O–H groups in total. The minimum atomic E-state index is -0.924. The summed E-state index contributed by atoms with van der Waals surface area (Å²) < 4.78 is 18.8. The molecule has 0 aromatic heterocycles. The molecule has 0 bridgehead atoms. The van der Waals surface area contributed by atoms with Gasteiger partial charge in [-0.1, -0.05) is 6.58 Å². The second-order valence-electron chi connectivity index (χ2n) is 5.09. The van der Waals surface area contributed by atoms with Gasteiger partial charge >= 0.3 is 23.9 Å². The molecule has 0 aromatic carbocycles. The third-order valence-electron chi connectivity index (χ3n) is 2.05. The summed E-state index contributed by atoms with van der Waals surface area (Å²) in [5.41, 5.74) is -0.204. The average molecular weight is 330 g/mol. The lowest BCUT2D eigenvalue weighted by Crippen LogP contribution is -2.22. The first-order valence-electron chi connectivity index (χ1n) is 7.01. The quantitative estimate of drug-likeness (QED) is 0.349. The van der Waals surface area contributed by atoms with Gasteiger partial charge in [0.15, 0.2) is 13.2 Å². The summed E-state index contributed by atoms with van der Waals surface area (Å²) in [6.45, 7) is 8.84. The first-order chi connectivity index (χ1) is 10.6. The molecule has 0 atom stereocenters. The van der Waals surface area contributed by atoms with Gasteiger partial charge in [0.1, 0.15) is 0 Å². The van der Waals surface area contributed by atoms with Crippen LogP contribution in [0.15, 0.2) is 12.2 Å². The van der Waals surface area contributed by atoms with Gasteiger partial charge in [0.25, 0.3) is 0 Å². The van der Waals surface area contributed by atoms with Crippen LogP contribution in [0.1, 0.15) is 34.1 Å². The summed E-state index contributed by atoms with van der Waals surface area (Å²) in [6, 6.07) is 0. The predicted molar refractivity (Wildman–Crippen MR) is 78.1 cm³/mol. The predicted octanol–water partition coefficient (Wildman–Crippen LogP) is 0.922. The molecule has 0 amide bonds. The molecule has 130 valence electrons. The van der Waals surface area contributed by atoms with Crippen molar-refractivity contribution in [1.82, 2.24) is 0 Å². The van der Waals surface area contributed by atoms with Crippen LogP contribution in [0.4, 0.5) is 0 Å². The molecule has 0 aliphatic rings. The molecule has 0 aliphatic carbocycles. The van der Waals surface area contributed by atoms with Crippen LogP contribution >= 0.6 is 0 Å². The maximum Gasteiger partial charge on any atom is 0.344 e. The molecule has 0 rings (SSSR count). The Kier molecular flexibility index (Phi) is 9.29. The van der Waals surface area contributed by atoms with E-state index in [9.17, 15) is 19.2 Å². The summed E-state index contributed by atoms with van der Waals surface area (Å²) >= 11 is 0. The molecule has 0 radical (unpaired) electrons. The third-order valence-corrected chi connectivity index (χ3v) is 2.05. The fourth-order valence-electron chi connectivity index (χ4n) is 1.26. The molecule has 0 saturated heterocycles. The summed E-state index contributed by atoms with van der Waals surface area (Å²) in [5.74, 6) is -3.16. The monoisotopic (exact) mass is 330 g/mol. The Balaban J connectivity index is 4.07. The zero-order chi connectivity index (χ0) is 18.0. The van der Waals surface area contributed by atoms with Gasteiger partial charge in [-0.2, -0.15) is 0 Å². The van der Waals surface area contributed by atoms with Crippen LogP contribution in [0.2, 0.25) is 0 Å². The minimum absolute atomic E-state index is 0.204. The van der Waals surface area contributed by atoms with E-state index in [1.54, 1.807) is 27.7 Å². The van der Waals surface area contributed by atoms with E-state index in [4.69, 9.17) is 9.47 Å². The second-order valence-corrected chi connectivity index (χ2v) is 5.09. The number of hydrogen-bond acceptors (Lipinski definition) is 8. The zero-order valence-electron chi connectivity index (χ0n) is 13.7. The maximum absolute atomic E-state index is 11.5. The SMILES string of the molecule is C=C(CC(=O)OCC(=O)OC(C)C)C(=O)OCC(=O)OC(C)C. The van der Waals surface area contributed by atoms with E-state index >= 15 is 0 Å². The number of ether oxygens (including phenoxy) is 4. The van der Waals surface area contributed by atoms with Crippen LogP contribution in [-0.4, -0.2) is 49.3 Å². The molecule has 0 unspecified atom stereocenters. The molecule has 23 heavy (non-hydrogen) atoms. The number of esters is 4. The Bertz CT molecular complexity index is 464. The van der Waals surface area contributed by atoms with E-state index in [-0.39, 0.29) is 17.8 Å². The Morgan fingerprint density at radius 3 is 1.65 bits per heavy atom. The van der Waals surface area contributed by atoms with Gasteiger partial charge < -0.3 is 18.9 Å². The maximum atomic E-state index is 11.5. The van der Waals surface area contributed by atoms with Crippen molar-refractivity contribution in [3.8, 4) is 0 Å². The van der Waals surface area contributed by atoms with Gasteiger partial charge in [0, 0.05) is 5.57 Å². The Morgan fingerprint density at radius 2 is 1.22 bits per heavy atom. The molecule has 8 nitrogen and oxygen atoms in total. The normalized spacial score (nSPS) is 10.2. The Labute approximate surface area is 134 Å². The highest BCUT2D eigenvalue weighted by molar-refractivity contribution is 5.94. The first-order valence-corrected chi connectivity index (χ1v) is 7.01. The van der Waals surface area contributed by atoms with Gasteiger partial charge in [-0.25, -0.2) is 14.4 Å². The standard InChI is InChI=1S/C15H22O8/c1-9(2)22-13(17)7-20-12(16)6-11(5)15(19)21-8-14(18)23-10(3)4/h9-10H,5-8H2,1-4H3. The Hall–Kier alpha value is -2.38. The molecule has 0 aliphatic heterocycles. The van der Waals surface area contributed by atoms with Gasteiger partial charge in [-0.3, -0.25) is 4.79 Å². The van der Waals surface area contributed by atoms with E-state index in [2.05, 4.69) is 16.1 Å². The summed E-state index contributed by atoms with van der Waals surface area (Å²) in [5, 5.41) is 0. The van der Waals surface area contributed by atoms with Gasteiger partial charge in [0.2, 0.25) is 0 Å². The molecule has 8 heteroatoms. The van der Waals surface area contributed by atoms with Crippen molar-refractivity contribution in [3.05, 3.63) is 12.2 Å². The van der Waals surface area contributed by atoms with Crippen LogP contribution in [0, 0.1) is 0 Å². The minimum Gasteiger partial charge on any atom is -0.460 e. The van der Waals surface area contributed by atoms with Crippen molar-refractivity contribution in [1.29, 1.82) is 0 Å². The number of rotatable bonds is 9. The van der Waals surface area contributed by atoms with Crippen LogP contribution in [0.25, 0.3) is 0 Å². The van der Waals surface area contributed by atoms with Gasteiger partial charge in [0.05, 0.1) is 18.6 Å². The molecular weight excluding hydrogens is 308 g/mol. The lowest BCUT2D eigenvalue weighted by molar-refractivity contribution is -0.162. The third kappa shape index (κ3) is 10.9. The van der Waals surface area contributed by atoms with Crippen molar-refractivity contribution in [2.24, 2.45) is 0 Å². The molecular formula is C15H22O8. The van der Waals surface area contributed by atoms with E-state index in [0.717, 1.165) is 0 Å². The highest BCUT2D eigenvalue weighted by Crippen LogP contribution is 2.04. The lowest BCUT2D eigenvalue weighted by Gasteiger charge is -2.10. The second kappa shape index (κ2) is 10.4. The van der Waals surface area contributed by atoms with E-state index in [1.807, 2.05) is 0 Å². The highest BCUT2D eigenvalue weighted by Gasteiger charge is 2.17. The smallest absolute Gasteiger partial charge is 0.344 e. The first kappa shape index (κ1) is 20.6. The van der Waals surface area contributed by atoms with E-state index in [0.29, 0.717) is 0 Å². The molecule has 0 heterocycles. The fraction of sp³-hybridized carbons (Fsp3) is 0.600. The van der Waals surface area contributed by atoms with Crippen molar-refractivity contribution in [2.75, 3.05) is 13.2 Å². The van der Waals surface area contributed by atoms with Crippen molar-refractivity contribution in [2.45, 2.75) is 46.3 Å². The summed E-state index contributed by atoms with van der Waals surface area (Å²) in [7, 11) is 0. The van der Waals surface area contributed by atoms with Gasteiger partial charge in [-0.15, -0.1) is 0 Å². The molecule has 0 spiro atoms. The van der Waals surface area contributed by atoms with Gasteiger partial charge in [-0.05, 0) is 27.7 Å². The van der Waals surface area contributed by atoms with Crippen LogP contribution < -0.4 is 0 Å². The topological polar surface area (TPSA) is 105 Å². The number of hydrogen-bond donors (Lipinski definition) is 0. The zero-order valence-corrected chi connectivity index (χ0v) is 13.7. The largest absolute Gasteiger partial charge is 0.460 e. The number of carbonyl (C=O) groups is 4. The fourth-order valence-corrected chi connectivity index (χ4v) is 1.26. The van der Waals surface area contributed by atoms with Crippen LogP contribution in [-0.2, 0) is 38.1 Å². The number of carbonyl (C=O) groups excluding carboxylic acids is 4. The van der Waals surface area contributed by atoms with Crippen LogP contribution in [0.3, 0.4) is 0 Å².